The van der Waals surface area contributed by atoms with Crippen molar-refractivity contribution >= 4 is 5.97 Å². The number of aliphatic carboxylic acids is 1. The molecule has 1 atom stereocenters. The summed E-state index contributed by atoms with van der Waals surface area (Å²) >= 11 is 0. The molecule has 4 nitrogen and oxygen atoms in total. The molecule has 3 N–H and O–H groups in total. The van der Waals surface area contributed by atoms with Crippen molar-refractivity contribution < 1.29 is 14.6 Å². The molecule has 1 rings (SSSR count). The summed E-state index contributed by atoms with van der Waals surface area (Å²) in [5, 5.41) is 8.66. The van der Waals surface area contributed by atoms with Crippen LogP contribution in [0, 0.1) is 0 Å². The van der Waals surface area contributed by atoms with Crippen molar-refractivity contribution in [1.82, 2.24) is 0 Å². The monoisotopic (exact) mass is 221 g/mol. The second-order valence-corrected chi connectivity index (χ2v) is 3.38. The van der Waals surface area contributed by atoms with E-state index in [1.165, 1.54) is 0 Å². The van der Waals surface area contributed by atoms with E-state index in [-0.39, 0.29) is 0 Å². The Balaban J connectivity index is 2.60. The fourth-order valence-corrected chi connectivity index (χ4v) is 1.19. The van der Waals surface area contributed by atoms with Crippen molar-refractivity contribution in [2.45, 2.75) is 19.4 Å². The maximum atomic E-state index is 10.6. The third-order valence-electron chi connectivity index (χ3n) is 2.04. The van der Waals surface area contributed by atoms with E-state index in [2.05, 4.69) is 0 Å². The second kappa shape index (κ2) is 5.92. The molecular weight excluding hydrogens is 206 g/mol. The molecule has 0 radical (unpaired) electrons. The van der Waals surface area contributed by atoms with Crippen LogP contribution in [0.25, 0.3) is 0 Å². The van der Waals surface area contributed by atoms with Crippen molar-refractivity contribution in [3.8, 4) is 5.75 Å². The van der Waals surface area contributed by atoms with Gasteiger partial charge in [-0.15, -0.1) is 0 Å². The number of carboxylic acid groups (broad SMARTS) is 1. The third kappa shape index (κ3) is 3.74. The van der Waals surface area contributed by atoms with Crippen LogP contribution in [0.2, 0.25) is 0 Å². The summed E-state index contributed by atoms with van der Waals surface area (Å²) in [7, 11) is 0. The first-order valence-electron chi connectivity index (χ1n) is 4.98. The molecule has 0 aliphatic rings. The van der Waals surface area contributed by atoms with Crippen LogP contribution in [0.3, 0.4) is 0 Å². The van der Waals surface area contributed by atoms with Crippen molar-refractivity contribution in [2.75, 3.05) is 0 Å². The smallest absolute Gasteiger partial charge is 0.320 e. The molecule has 1 aromatic rings. The predicted octanol–water partition coefficient (Wildman–Crippen LogP) is 1.55. The lowest BCUT2D eigenvalue weighted by atomic mass is 10.1. The lowest BCUT2D eigenvalue weighted by Gasteiger charge is -2.07. The fourth-order valence-electron chi connectivity index (χ4n) is 1.19. The number of allylic oxidation sites excluding steroid dienone is 1. The molecule has 0 saturated carbocycles. The Kier molecular flexibility index (Phi) is 4.54. The Morgan fingerprint density at radius 2 is 2.12 bits per heavy atom. The number of hydrogen-bond acceptors (Lipinski definition) is 3. The number of benzene rings is 1. The molecular formula is C12H15NO3. The summed E-state index contributed by atoms with van der Waals surface area (Å²) in [6.07, 6.45) is 3.69. The van der Waals surface area contributed by atoms with Crippen LogP contribution in [0.1, 0.15) is 12.5 Å². The maximum Gasteiger partial charge on any atom is 0.320 e. The Hall–Kier alpha value is -1.81. The summed E-state index contributed by atoms with van der Waals surface area (Å²) in [5.41, 5.74) is 6.30. The minimum atomic E-state index is -0.991. The van der Waals surface area contributed by atoms with Gasteiger partial charge in [-0.2, -0.15) is 0 Å². The lowest BCUT2D eigenvalue weighted by Crippen LogP contribution is -2.32. The Labute approximate surface area is 94.3 Å². The zero-order valence-corrected chi connectivity index (χ0v) is 9.09. The average Bonchev–Trinajstić information content (AvgIpc) is 2.28. The molecule has 16 heavy (non-hydrogen) atoms. The van der Waals surface area contributed by atoms with E-state index in [1.807, 2.05) is 19.1 Å². The van der Waals surface area contributed by atoms with Gasteiger partial charge in [0.25, 0.3) is 0 Å². The molecule has 0 amide bonds. The van der Waals surface area contributed by atoms with Gasteiger partial charge in [-0.05, 0) is 31.0 Å². The third-order valence-corrected chi connectivity index (χ3v) is 2.04. The first-order valence-corrected chi connectivity index (χ1v) is 4.98. The van der Waals surface area contributed by atoms with Crippen LogP contribution in [0.15, 0.2) is 36.6 Å². The number of rotatable bonds is 5. The highest BCUT2D eigenvalue weighted by Gasteiger charge is 2.11. The number of carboxylic acids is 1. The van der Waals surface area contributed by atoms with Gasteiger partial charge in [0.15, 0.2) is 0 Å². The van der Waals surface area contributed by atoms with Crippen molar-refractivity contribution in [3.05, 3.63) is 42.2 Å². The first-order chi connectivity index (χ1) is 7.63. The van der Waals surface area contributed by atoms with E-state index in [1.54, 1.807) is 24.5 Å². The van der Waals surface area contributed by atoms with E-state index < -0.39 is 12.0 Å². The van der Waals surface area contributed by atoms with Crippen molar-refractivity contribution in [2.24, 2.45) is 5.73 Å². The minimum Gasteiger partial charge on any atom is -0.480 e. The quantitative estimate of drug-likeness (QED) is 0.740. The van der Waals surface area contributed by atoms with E-state index >= 15 is 0 Å². The maximum absolute atomic E-state index is 10.6. The van der Waals surface area contributed by atoms with Crippen LogP contribution in [0.4, 0.5) is 0 Å². The van der Waals surface area contributed by atoms with Gasteiger partial charge in [-0.1, -0.05) is 18.2 Å². The van der Waals surface area contributed by atoms with Gasteiger partial charge in [0.1, 0.15) is 11.8 Å². The molecule has 0 aliphatic heterocycles. The molecule has 0 heterocycles. The molecule has 86 valence electrons. The van der Waals surface area contributed by atoms with Crippen LogP contribution in [0.5, 0.6) is 5.75 Å². The highest BCUT2D eigenvalue weighted by atomic mass is 16.5. The largest absolute Gasteiger partial charge is 0.480 e. The van der Waals surface area contributed by atoms with E-state index in [0.717, 1.165) is 5.56 Å². The SMILES string of the molecule is CC=COc1ccc(C[C@H](N)C(=O)O)cc1. The number of hydrogen-bond donors (Lipinski definition) is 2. The summed E-state index contributed by atoms with van der Waals surface area (Å²) in [4.78, 5) is 10.6. The number of carbonyl (C=O) groups is 1. The molecule has 0 aliphatic carbocycles. The zero-order valence-electron chi connectivity index (χ0n) is 9.09. The van der Waals surface area contributed by atoms with Crippen molar-refractivity contribution in [1.29, 1.82) is 0 Å². The van der Waals surface area contributed by atoms with E-state index in [0.29, 0.717) is 12.2 Å². The van der Waals surface area contributed by atoms with Gasteiger partial charge in [-0.25, -0.2) is 0 Å². The fraction of sp³-hybridized carbons (Fsp3) is 0.250. The van der Waals surface area contributed by atoms with Gasteiger partial charge in [0.2, 0.25) is 0 Å². The minimum absolute atomic E-state index is 0.319. The van der Waals surface area contributed by atoms with Crippen LogP contribution in [-0.4, -0.2) is 17.1 Å². The molecule has 0 aromatic heterocycles. The van der Waals surface area contributed by atoms with Crippen molar-refractivity contribution in [3.63, 3.8) is 0 Å². The zero-order chi connectivity index (χ0) is 12.0. The molecule has 1 aromatic carbocycles. The highest BCUT2D eigenvalue weighted by molar-refractivity contribution is 5.73. The lowest BCUT2D eigenvalue weighted by molar-refractivity contribution is -0.138. The standard InChI is InChI=1S/C12H15NO3/c1-2-7-16-10-5-3-9(4-6-10)8-11(13)12(14)15/h2-7,11H,8,13H2,1H3,(H,14,15)/t11-/m0/s1. The predicted molar refractivity (Wildman–Crippen MR) is 61.2 cm³/mol. The molecule has 0 fully saturated rings. The molecule has 0 bridgehead atoms. The average molecular weight is 221 g/mol. The van der Waals surface area contributed by atoms with Gasteiger partial charge in [0, 0.05) is 0 Å². The van der Waals surface area contributed by atoms with Gasteiger partial charge < -0.3 is 15.6 Å². The number of nitrogens with two attached hydrogens (primary N) is 1. The van der Waals surface area contributed by atoms with Gasteiger partial charge in [-0.3, -0.25) is 4.79 Å². The van der Waals surface area contributed by atoms with Crippen LogP contribution < -0.4 is 10.5 Å². The molecule has 0 saturated heterocycles. The van der Waals surface area contributed by atoms with Gasteiger partial charge in [0.05, 0.1) is 6.26 Å². The highest BCUT2D eigenvalue weighted by Crippen LogP contribution is 2.13. The van der Waals surface area contributed by atoms with E-state index in [9.17, 15) is 4.79 Å². The Morgan fingerprint density at radius 1 is 1.50 bits per heavy atom. The molecule has 0 spiro atoms. The Morgan fingerprint density at radius 3 is 2.62 bits per heavy atom. The van der Waals surface area contributed by atoms with Crippen LogP contribution >= 0.6 is 0 Å². The first kappa shape index (κ1) is 12.3. The summed E-state index contributed by atoms with van der Waals surface area (Å²) in [5.74, 6) is -0.278. The normalized spacial score (nSPS) is 12.6. The van der Waals surface area contributed by atoms with Crippen LogP contribution in [-0.2, 0) is 11.2 Å². The molecule has 4 heteroatoms. The summed E-state index contributed by atoms with van der Waals surface area (Å²) < 4.78 is 5.23. The van der Waals surface area contributed by atoms with Gasteiger partial charge >= 0.3 is 5.97 Å². The summed E-state index contributed by atoms with van der Waals surface area (Å²) in [6.45, 7) is 1.86. The molecule has 0 unspecified atom stereocenters. The second-order valence-electron chi connectivity index (χ2n) is 3.38. The summed E-state index contributed by atoms with van der Waals surface area (Å²) in [6, 6.07) is 6.32. The van der Waals surface area contributed by atoms with E-state index in [4.69, 9.17) is 15.6 Å². The number of ether oxygens (including phenoxy) is 1. The Bertz CT molecular complexity index is 370. The topological polar surface area (TPSA) is 72.5 Å².